The molecule has 1 rings (SSSR count). The number of methoxy groups -OCH3 is 1. The minimum atomic E-state index is -0.187. The van der Waals surface area contributed by atoms with Crippen molar-refractivity contribution in [3.63, 3.8) is 0 Å². The van der Waals surface area contributed by atoms with E-state index in [0.29, 0.717) is 6.42 Å². The topological polar surface area (TPSA) is 26.3 Å². The van der Waals surface area contributed by atoms with Crippen LogP contribution in [0.15, 0.2) is 30.3 Å². The Hall–Kier alpha value is -0.791. The van der Waals surface area contributed by atoms with E-state index in [1.807, 2.05) is 30.3 Å². The van der Waals surface area contributed by atoms with Gasteiger partial charge in [-0.1, -0.05) is 0 Å². The molecule has 0 N–H and O–H groups in total. The summed E-state index contributed by atoms with van der Waals surface area (Å²) in [7, 11) is 1.40. The summed E-state index contributed by atoms with van der Waals surface area (Å²) in [6.45, 7) is 0. The average Bonchev–Trinajstić information content (AvgIpc) is 2.19. The van der Waals surface area contributed by atoms with Gasteiger partial charge in [0.2, 0.25) is 0 Å². The molecule has 1 atom stereocenters. The van der Waals surface area contributed by atoms with Gasteiger partial charge in [-0.05, 0) is 0 Å². The molecule has 0 spiro atoms. The summed E-state index contributed by atoms with van der Waals surface area (Å²) in [6, 6.07) is 9.84. The molecule has 0 aliphatic carbocycles. The van der Waals surface area contributed by atoms with Crippen LogP contribution in [0, 0.1) is 0 Å². The molecule has 0 aliphatic heterocycles. The Morgan fingerprint density at radius 2 is 2.08 bits per heavy atom. The van der Waals surface area contributed by atoms with Crippen molar-refractivity contribution in [2.75, 3.05) is 7.11 Å². The van der Waals surface area contributed by atoms with Crippen LogP contribution in [0.1, 0.15) is 16.8 Å². The van der Waals surface area contributed by atoms with Gasteiger partial charge in [0, 0.05) is 0 Å². The minimum absolute atomic E-state index is 0.105. The van der Waals surface area contributed by atoms with E-state index >= 15 is 0 Å². The molecule has 1 radical (unpaired) electrons. The summed E-state index contributed by atoms with van der Waals surface area (Å²) in [5.41, 5.74) is 1.12. The Morgan fingerprint density at radius 3 is 2.62 bits per heavy atom. The van der Waals surface area contributed by atoms with E-state index in [-0.39, 0.29) is 10.8 Å². The van der Waals surface area contributed by atoms with E-state index in [9.17, 15) is 4.79 Å². The molecule has 0 bridgehead atoms. The van der Waals surface area contributed by atoms with Gasteiger partial charge in [-0.3, -0.25) is 0 Å². The summed E-state index contributed by atoms with van der Waals surface area (Å²) in [4.78, 5) is 11.1. The number of esters is 1. The molecule has 3 heteroatoms. The number of hydrogen-bond donors (Lipinski definition) is 0. The number of benzene rings is 1. The van der Waals surface area contributed by atoms with Crippen molar-refractivity contribution in [3.05, 3.63) is 35.9 Å². The van der Waals surface area contributed by atoms with Crippen molar-refractivity contribution >= 4 is 22.0 Å². The summed E-state index contributed by atoms with van der Waals surface area (Å²) >= 11 is 2.96. The van der Waals surface area contributed by atoms with Crippen LogP contribution < -0.4 is 0 Å². The number of rotatable bonds is 3. The zero-order chi connectivity index (χ0) is 9.68. The monoisotopic (exact) mass is 243 g/mol. The molecular weight excluding hydrogens is 231 g/mol. The quantitative estimate of drug-likeness (QED) is 0.592. The predicted octanol–water partition coefficient (Wildman–Crippen LogP) is 1.46. The molecule has 0 saturated heterocycles. The summed E-state index contributed by atoms with van der Waals surface area (Å²) in [6.07, 6.45) is 0.389. The van der Waals surface area contributed by atoms with E-state index in [1.54, 1.807) is 0 Å². The molecule has 1 aromatic rings. The number of ether oxygens (including phenoxy) is 1. The average molecular weight is 242 g/mol. The van der Waals surface area contributed by atoms with Crippen molar-refractivity contribution in [2.24, 2.45) is 0 Å². The van der Waals surface area contributed by atoms with E-state index < -0.39 is 0 Å². The second-order valence-electron chi connectivity index (χ2n) is 2.68. The second-order valence-corrected chi connectivity index (χ2v) is 3.87. The molecule has 1 unspecified atom stereocenters. The van der Waals surface area contributed by atoms with Crippen LogP contribution in [-0.4, -0.2) is 29.1 Å². The van der Waals surface area contributed by atoms with Crippen molar-refractivity contribution in [2.45, 2.75) is 11.2 Å². The first-order valence-electron chi connectivity index (χ1n) is 4.01. The van der Waals surface area contributed by atoms with Crippen LogP contribution in [0.25, 0.3) is 0 Å². The van der Waals surface area contributed by atoms with Gasteiger partial charge >= 0.3 is 85.8 Å². The Kier molecular flexibility index (Phi) is 4.00. The zero-order valence-corrected chi connectivity index (χ0v) is 9.11. The van der Waals surface area contributed by atoms with E-state index in [2.05, 4.69) is 20.7 Å². The molecule has 0 amide bonds. The number of carbonyl (C=O) groups is 1. The van der Waals surface area contributed by atoms with E-state index in [0.717, 1.165) is 5.56 Å². The number of hydrogen-bond acceptors (Lipinski definition) is 2. The SMILES string of the molecule is COC(=O)CC([Se])c1ccccc1. The van der Waals surface area contributed by atoms with Gasteiger partial charge in [-0.2, -0.15) is 0 Å². The zero-order valence-electron chi connectivity index (χ0n) is 7.40. The second kappa shape index (κ2) is 5.05. The maximum atomic E-state index is 11.0. The van der Waals surface area contributed by atoms with Crippen LogP contribution in [0.5, 0.6) is 0 Å². The fourth-order valence-electron chi connectivity index (χ4n) is 1.02. The van der Waals surface area contributed by atoms with Gasteiger partial charge < -0.3 is 0 Å². The van der Waals surface area contributed by atoms with Gasteiger partial charge in [0.25, 0.3) is 0 Å². The standard InChI is InChI=1S/C10H11O2Se/c1-12-10(11)7-9(13)8-5-3-2-4-6-8/h2-6,9H,7H2,1H3. The van der Waals surface area contributed by atoms with Gasteiger partial charge in [0.05, 0.1) is 0 Å². The fraction of sp³-hybridized carbons (Fsp3) is 0.300. The van der Waals surface area contributed by atoms with E-state index in [1.165, 1.54) is 7.11 Å². The van der Waals surface area contributed by atoms with Crippen molar-refractivity contribution < 1.29 is 9.53 Å². The van der Waals surface area contributed by atoms with Gasteiger partial charge in [-0.15, -0.1) is 0 Å². The van der Waals surface area contributed by atoms with Crippen LogP contribution in [-0.2, 0) is 9.53 Å². The van der Waals surface area contributed by atoms with Crippen LogP contribution in [0.4, 0.5) is 0 Å². The summed E-state index contributed by atoms with van der Waals surface area (Å²) in [5.74, 6) is -0.187. The Labute approximate surface area is 86.1 Å². The van der Waals surface area contributed by atoms with Gasteiger partial charge in [0.1, 0.15) is 0 Å². The van der Waals surface area contributed by atoms with E-state index in [4.69, 9.17) is 0 Å². The normalized spacial score (nSPS) is 12.2. The fourth-order valence-corrected chi connectivity index (χ4v) is 1.64. The van der Waals surface area contributed by atoms with Crippen molar-refractivity contribution in [3.8, 4) is 0 Å². The third-order valence-corrected chi connectivity index (χ3v) is 2.67. The summed E-state index contributed by atoms with van der Waals surface area (Å²) < 4.78 is 4.58. The molecule has 0 aliphatic rings. The molecule has 0 aromatic heterocycles. The molecule has 13 heavy (non-hydrogen) atoms. The molecular formula is C10H11O2Se. The molecule has 2 nitrogen and oxygen atoms in total. The Morgan fingerprint density at radius 1 is 1.46 bits per heavy atom. The maximum absolute atomic E-state index is 11.0. The number of carbonyl (C=O) groups excluding carboxylic acids is 1. The Balaban J connectivity index is 2.59. The first-order valence-corrected chi connectivity index (χ1v) is 5.00. The first-order chi connectivity index (χ1) is 6.24. The molecule has 0 heterocycles. The predicted molar refractivity (Wildman–Crippen MR) is 51.6 cm³/mol. The first kappa shape index (κ1) is 10.3. The van der Waals surface area contributed by atoms with Crippen LogP contribution in [0.2, 0.25) is 0 Å². The Bertz CT molecular complexity index is 272. The third-order valence-electron chi connectivity index (χ3n) is 1.75. The van der Waals surface area contributed by atoms with Gasteiger partial charge in [0.15, 0.2) is 0 Å². The van der Waals surface area contributed by atoms with Crippen LogP contribution in [0.3, 0.4) is 0 Å². The van der Waals surface area contributed by atoms with Crippen molar-refractivity contribution in [1.82, 2.24) is 0 Å². The van der Waals surface area contributed by atoms with Crippen molar-refractivity contribution in [1.29, 1.82) is 0 Å². The summed E-state index contributed by atoms with van der Waals surface area (Å²) in [5, 5.41) is 0. The van der Waals surface area contributed by atoms with Gasteiger partial charge in [-0.25, -0.2) is 0 Å². The molecule has 1 aromatic carbocycles. The third kappa shape index (κ3) is 3.21. The van der Waals surface area contributed by atoms with Crippen LogP contribution >= 0.6 is 0 Å². The molecule has 0 saturated carbocycles. The molecule has 69 valence electrons. The molecule has 0 fully saturated rings.